The van der Waals surface area contributed by atoms with E-state index in [9.17, 15) is 36.2 Å². The monoisotopic (exact) mass is 597 g/mol. The molecule has 0 amide bonds. The van der Waals surface area contributed by atoms with Gasteiger partial charge in [-0.25, -0.2) is 25.3 Å². The third kappa shape index (κ3) is 7.32. The van der Waals surface area contributed by atoms with Gasteiger partial charge < -0.3 is 10.8 Å². The normalized spacial score (nSPS) is 16.1. The number of halogens is 6. The second-order valence-electron chi connectivity index (χ2n) is 9.47. The first-order valence-corrected chi connectivity index (χ1v) is 12.3. The molecule has 0 radical (unpaired) electrons. The zero-order chi connectivity index (χ0) is 30.8. The van der Waals surface area contributed by atoms with Crippen LogP contribution in [0.3, 0.4) is 0 Å². The highest BCUT2D eigenvalue weighted by Gasteiger charge is 2.44. The first kappa shape index (κ1) is 30.7. The Kier molecular flexibility index (Phi) is 8.70. The van der Waals surface area contributed by atoms with Crippen LogP contribution < -0.4 is 22.1 Å². The van der Waals surface area contributed by atoms with E-state index in [1.807, 2.05) is 0 Å². The predicted octanol–water partition coefficient (Wildman–Crippen LogP) is 3.90. The number of aliphatic imine (C=N–C) groups is 2. The third-order valence-corrected chi connectivity index (χ3v) is 5.86. The van der Waals surface area contributed by atoms with Gasteiger partial charge in [0, 0.05) is 29.1 Å². The minimum Gasteiger partial charge on any atom is -0.399 e. The van der Waals surface area contributed by atoms with Gasteiger partial charge in [-0.15, -0.1) is 0 Å². The van der Waals surface area contributed by atoms with Crippen molar-refractivity contribution in [2.75, 3.05) is 5.73 Å². The number of nitrogens with one attached hydrogen (secondary N) is 2. The minimum atomic E-state index is -4.70. The van der Waals surface area contributed by atoms with Crippen LogP contribution in [0.5, 0.6) is 0 Å². The molecule has 1 aliphatic heterocycles. The molecule has 2 heterocycles. The fraction of sp³-hybridized carbons (Fsp3) is 0.308. The van der Waals surface area contributed by atoms with Gasteiger partial charge in [-0.2, -0.15) is 26.3 Å². The molecule has 5 N–H and O–H groups in total. The molecule has 224 valence electrons. The van der Waals surface area contributed by atoms with E-state index < -0.39 is 42.5 Å². The molecule has 0 aliphatic carbocycles. The number of hydrogen-bond donors (Lipinski definition) is 4. The molecule has 16 heteroatoms. The van der Waals surface area contributed by atoms with E-state index >= 15 is 0 Å². The molecule has 2 atom stereocenters. The second-order valence-corrected chi connectivity index (χ2v) is 9.47. The number of aliphatic hydroxyl groups excluding tert-OH is 1. The van der Waals surface area contributed by atoms with Crippen molar-refractivity contribution < 1.29 is 36.3 Å². The lowest BCUT2D eigenvalue weighted by Crippen LogP contribution is -2.37. The molecule has 10 nitrogen and oxygen atoms in total. The van der Waals surface area contributed by atoms with Crippen LogP contribution >= 0.6 is 0 Å². The smallest absolute Gasteiger partial charge is 0.399 e. The van der Waals surface area contributed by atoms with E-state index in [1.165, 1.54) is 24.4 Å². The number of nitrogens with zero attached hydrogens (tertiary/aromatic N) is 4. The Hall–Kier alpha value is -4.28. The SMILES string of the molecule is CC(C)=Nc1ncc(-c2cc(N)cc(C(F)(F)F)c2)n(C[C@H](O)NCc2ccc(C3=NC(C(F)(F)F)ON3)cc2)c1=O. The molecule has 0 bridgehead atoms. The highest BCUT2D eigenvalue weighted by Crippen LogP contribution is 2.34. The summed E-state index contributed by atoms with van der Waals surface area (Å²) in [6.45, 7) is 2.93. The fourth-order valence-corrected chi connectivity index (χ4v) is 3.95. The molecule has 2 aromatic carbocycles. The van der Waals surface area contributed by atoms with E-state index in [-0.39, 0.29) is 35.1 Å². The van der Waals surface area contributed by atoms with Crippen molar-refractivity contribution in [1.29, 1.82) is 0 Å². The first-order chi connectivity index (χ1) is 19.6. The van der Waals surface area contributed by atoms with Gasteiger partial charge in [0.2, 0.25) is 5.82 Å². The maximum Gasteiger partial charge on any atom is 0.437 e. The van der Waals surface area contributed by atoms with Crippen molar-refractivity contribution in [2.24, 2.45) is 9.98 Å². The van der Waals surface area contributed by atoms with Crippen LogP contribution in [0, 0.1) is 0 Å². The van der Waals surface area contributed by atoms with Gasteiger partial charge in [0.1, 0.15) is 6.23 Å². The lowest BCUT2D eigenvalue weighted by atomic mass is 10.1. The Balaban J connectivity index is 1.55. The summed E-state index contributed by atoms with van der Waals surface area (Å²) in [5, 5.41) is 13.5. The van der Waals surface area contributed by atoms with E-state index in [0.717, 1.165) is 16.7 Å². The molecule has 0 saturated carbocycles. The lowest BCUT2D eigenvalue weighted by molar-refractivity contribution is -0.220. The number of alkyl halides is 6. The summed E-state index contributed by atoms with van der Waals surface area (Å²) in [5.41, 5.74) is 7.26. The van der Waals surface area contributed by atoms with Gasteiger partial charge in [0.15, 0.2) is 5.84 Å². The van der Waals surface area contributed by atoms with E-state index in [1.54, 1.807) is 26.0 Å². The summed E-state index contributed by atoms with van der Waals surface area (Å²) in [4.78, 5) is 29.2. The van der Waals surface area contributed by atoms with Crippen LogP contribution in [0.25, 0.3) is 11.3 Å². The standard InChI is InChI=1S/C26H25F6N7O3/c1-13(2)36-22-23(41)39(19(11-35-22)16-7-17(25(27,28)29)9-18(33)8-16)12-20(40)34-10-14-3-5-15(6-4-14)21-37-24(42-38-21)26(30,31)32/h3-9,11,20,24,34,40H,10,12,33H2,1-2H3,(H,37,38)/t20-,24?/m0/s1. The van der Waals surface area contributed by atoms with Gasteiger partial charge >= 0.3 is 12.4 Å². The third-order valence-electron chi connectivity index (χ3n) is 5.86. The number of nitrogen functional groups attached to an aromatic ring is 1. The average Bonchev–Trinajstić information content (AvgIpc) is 3.40. The van der Waals surface area contributed by atoms with Crippen LogP contribution in [-0.2, 0) is 24.1 Å². The molecular weight excluding hydrogens is 572 g/mol. The van der Waals surface area contributed by atoms with Crippen LogP contribution in [0.1, 0.15) is 30.5 Å². The van der Waals surface area contributed by atoms with Crippen LogP contribution in [0.4, 0.5) is 37.8 Å². The number of nitrogens with two attached hydrogens (primary N) is 1. The summed E-state index contributed by atoms with van der Waals surface area (Å²) in [6, 6.07) is 8.99. The molecule has 0 spiro atoms. The minimum absolute atomic E-state index is 0.0278. The van der Waals surface area contributed by atoms with Crippen molar-refractivity contribution in [3.63, 3.8) is 0 Å². The van der Waals surface area contributed by atoms with Crippen molar-refractivity contribution in [3.8, 4) is 11.3 Å². The number of benzene rings is 2. The van der Waals surface area contributed by atoms with Crippen molar-refractivity contribution >= 4 is 23.1 Å². The molecule has 4 rings (SSSR count). The number of aromatic nitrogens is 2. The van der Waals surface area contributed by atoms with E-state index in [2.05, 4.69) is 30.6 Å². The summed E-state index contributed by atoms with van der Waals surface area (Å²) in [5.74, 6) is -0.320. The predicted molar refractivity (Wildman–Crippen MR) is 142 cm³/mol. The number of aliphatic hydroxyl groups is 1. The van der Waals surface area contributed by atoms with Gasteiger partial charge in [-0.3, -0.25) is 14.7 Å². The number of hydrogen-bond acceptors (Lipinski definition) is 9. The fourth-order valence-electron chi connectivity index (χ4n) is 3.95. The number of rotatable bonds is 8. The summed E-state index contributed by atoms with van der Waals surface area (Å²) >= 11 is 0. The maximum absolute atomic E-state index is 13.4. The Morgan fingerprint density at radius 1 is 1.14 bits per heavy atom. The quantitative estimate of drug-likeness (QED) is 0.134. The molecule has 0 saturated heterocycles. The van der Waals surface area contributed by atoms with Gasteiger partial charge in [-0.05, 0) is 37.6 Å². The zero-order valence-corrected chi connectivity index (χ0v) is 22.1. The van der Waals surface area contributed by atoms with Gasteiger partial charge in [0.05, 0.1) is 24.0 Å². The van der Waals surface area contributed by atoms with E-state index in [0.29, 0.717) is 16.8 Å². The number of anilines is 1. The average molecular weight is 598 g/mol. The molecule has 3 aromatic rings. The largest absolute Gasteiger partial charge is 0.437 e. The maximum atomic E-state index is 13.4. The van der Waals surface area contributed by atoms with Gasteiger partial charge in [-0.1, -0.05) is 24.3 Å². The molecule has 42 heavy (non-hydrogen) atoms. The Labute approximate surface area is 234 Å². The Morgan fingerprint density at radius 2 is 1.83 bits per heavy atom. The summed E-state index contributed by atoms with van der Waals surface area (Å²) in [6.07, 6.45) is -11.9. The summed E-state index contributed by atoms with van der Waals surface area (Å²) < 4.78 is 79.6. The Bertz CT molecular complexity index is 1560. The van der Waals surface area contributed by atoms with Crippen LogP contribution in [0.15, 0.2) is 63.4 Å². The van der Waals surface area contributed by atoms with Crippen LogP contribution in [0.2, 0.25) is 0 Å². The molecule has 1 aromatic heterocycles. The lowest BCUT2D eigenvalue weighted by Gasteiger charge is -2.19. The van der Waals surface area contributed by atoms with E-state index in [4.69, 9.17) is 5.73 Å². The van der Waals surface area contributed by atoms with Gasteiger partial charge in [0.25, 0.3) is 11.8 Å². The van der Waals surface area contributed by atoms with Crippen LogP contribution in [-0.4, -0.2) is 44.8 Å². The molecule has 1 unspecified atom stereocenters. The topological polar surface area (TPSA) is 139 Å². The zero-order valence-electron chi connectivity index (χ0n) is 22.1. The molecule has 0 fully saturated rings. The second kappa shape index (κ2) is 11.9. The highest BCUT2D eigenvalue weighted by molar-refractivity contribution is 5.98. The molecular formula is C26H25F6N7O3. The Morgan fingerprint density at radius 3 is 2.43 bits per heavy atom. The van der Waals surface area contributed by atoms with Crippen molar-refractivity contribution in [3.05, 3.63) is 75.7 Å². The highest BCUT2D eigenvalue weighted by atomic mass is 19.4. The number of amidine groups is 1. The van der Waals surface area contributed by atoms with Crippen molar-refractivity contribution in [1.82, 2.24) is 20.3 Å². The van der Waals surface area contributed by atoms with Crippen molar-refractivity contribution in [2.45, 2.75) is 51.7 Å². The first-order valence-electron chi connectivity index (χ1n) is 12.3. The molecule has 1 aliphatic rings. The summed E-state index contributed by atoms with van der Waals surface area (Å²) in [7, 11) is 0. The number of hydroxylamine groups is 1.